The van der Waals surface area contributed by atoms with Crippen molar-refractivity contribution in [3.05, 3.63) is 16.7 Å². The van der Waals surface area contributed by atoms with Crippen molar-refractivity contribution in [3.8, 4) is 0 Å². The molecule has 236 valence electrons. The number of nitrogen functional groups attached to an aromatic ring is 2. The summed E-state index contributed by atoms with van der Waals surface area (Å²) in [5, 5.41) is 15.5. The monoisotopic (exact) mass is 694 g/mol. The van der Waals surface area contributed by atoms with Crippen molar-refractivity contribution in [1.29, 1.82) is 0 Å². The van der Waals surface area contributed by atoms with Crippen LogP contribution in [0.15, 0.2) is 11.1 Å². The number of anilines is 2. The average Bonchev–Trinajstić information content (AvgIpc) is 3.72. The van der Waals surface area contributed by atoms with Crippen molar-refractivity contribution >= 4 is 71.7 Å². The summed E-state index contributed by atoms with van der Waals surface area (Å²) in [6.45, 7) is -9.40. The Morgan fingerprint density at radius 3 is 2.59 bits per heavy atom. The summed E-state index contributed by atoms with van der Waals surface area (Å²) >= 11 is 9.26. The molecule has 44 heavy (non-hydrogen) atoms. The van der Waals surface area contributed by atoms with Gasteiger partial charge in [0.2, 0.25) is 5.95 Å². The minimum atomic E-state index is -4.25. The maximum Gasteiger partial charge on any atom is 0.386 e. The Bertz CT molecular complexity index is 1910. The van der Waals surface area contributed by atoms with E-state index in [1.54, 1.807) is 0 Å². The highest BCUT2D eigenvalue weighted by Crippen LogP contribution is 2.58. The fourth-order valence-electron chi connectivity index (χ4n) is 5.00. The lowest BCUT2D eigenvalue weighted by molar-refractivity contribution is -0.0630. The molecule has 9 atom stereocenters. The van der Waals surface area contributed by atoms with Gasteiger partial charge >= 0.3 is 13.5 Å². The third kappa shape index (κ3) is 5.38. The smallest absolute Gasteiger partial charge is 0.382 e. The molecule has 0 radical (unpaired) electrons. The summed E-state index contributed by atoms with van der Waals surface area (Å²) in [4.78, 5) is 37.4. The van der Waals surface area contributed by atoms with Gasteiger partial charge in [-0.25, -0.2) is 18.9 Å². The van der Waals surface area contributed by atoms with Crippen LogP contribution in [0.4, 0.5) is 16.2 Å². The van der Waals surface area contributed by atoms with E-state index in [1.165, 1.54) is 0 Å². The maximum atomic E-state index is 15.9. The molecule has 0 amide bonds. The lowest BCUT2D eigenvalue weighted by atomic mass is 10.1. The van der Waals surface area contributed by atoms with Gasteiger partial charge in [0.05, 0.1) is 19.3 Å². The Morgan fingerprint density at radius 2 is 1.80 bits per heavy atom. The number of nitrogens with one attached hydrogen (secondary N) is 1. The van der Waals surface area contributed by atoms with Gasteiger partial charge in [0, 0.05) is 6.42 Å². The van der Waals surface area contributed by atoms with Crippen LogP contribution in [0, 0.1) is 0 Å². The molecule has 4 aromatic rings. The van der Waals surface area contributed by atoms with Gasteiger partial charge in [-0.05, 0) is 11.8 Å². The fourth-order valence-corrected chi connectivity index (χ4v) is 7.94. The third-order valence-electron chi connectivity index (χ3n) is 6.89. The second-order valence-corrected chi connectivity index (χ2v) is 15.4. The summed E-state index contributed by atoms with van der Waals surface area (Å²) in [6.07, 6.45) is -8.48. The molecule has 0 spiro atoms. The number of aromatic amines is 1. The molecule has 3 fully saturated rings. The van der Waals surface area contributed by atoms with Crippen LogP contribution >= 0.6 is 25.8 Å². The van der Waals surface area contributed by atoms with Gasteiger partial charge in [0.25, 0.3) is 5.56 Å². The summed E-state index contributed by atoms with van der Waals surface area (Å²) < 4.78 is 65.6. The highest BCUT2D eigenvalue weighted by atomic mass is 32.7. The predicted octanol–water partition coefficient (Wildman–Crippen LogP) is -0.491. The molecule has 7 rings (SSSR count). The third-order valence-corrected chi connectivity index (χ3v) is 10.1. The van der Waals surface area contributed by atoms with Gasteiger partial charge in [-0.1, -0.05) is 22.7 Å². The van der Waals surface area contributed by atoms with Crippen LogP contribution in [0.1, 0.15) is 18.9 Å². The second kappa shape index (κ2) is 10.9. The molecule has 3 aliphatic rings. The number of alkyl halides is 1. The molecule has 2 unspecified atom stereocenters. The zero-order valence-corrected chi connectivity index (χ0v) is 25.3. The first-order valence-electron chi connectivity index (χ1n) is 12.6. The zero-order chi connectivity index (χ0) is 31.0. The van der Waals surface area contributed by atoms with E-state index in [2.05, 4.69) is 52.8 Å². The van der Waals surface area contributed by atoms with Crippen LogP contribution in [-0.4, -0.2) is 98.6 Å². The fraction of sp³-hybridized carbons (Fsp3) is 0.556. The van der Waals surface area contributed by atoms with E-state index >= 15 is 4.39 Å². The number of fused-ring (bicyclic) bond motifs is 5. The maximum absolute atomic E-state index is 15.9. The minimum Gasteiger partial charge on any atom is -0.382 e. The van der Waals surface area contributed by atoms with Crippen molar-refractivity contribution in [3.63, 3.8) is 0 Å². The number of ether oxygens (including phenoxy) is 2. The molecule has 3 aliphatic heterocycles. The van der Waals surface area contributed by atoms with Crippen LogP contribution in [0.25, 0.3) is 22.3 Å². The Balaban J connectivity index is 1.19. The van der Waals surface area contributed by atoms with Crippen LogP contribution in [0.2, 0.25) is 0 Å². The van der Waals surface area contributed by atoms with E-state index in [4.69, 9.17) is 50.8 Å². The normalized spacial score (nSPS) is 36.6. The molecular formula is C18H21FN12O9P2S2. The predicted molar refractivity (Wildman–Crippen MR) is 150 cm³/mol. The van der Waals surface area contributed by atoms with E-state index in [0.717, 1.165) is 15.7 Å². The zero-order valence-electron chi connectivity index (χ0n) is 21.8. The van der Waals surface area contributed by atoms with Crippen LogP contribution in [0.5, 0.6) is 0 Å². The van der Waals surface area contributed by atoms with Crippen molar-refractivity contribution in [1.82, 2.24) is 49.9 Å². The first kappa shape index (κ1) is 29.9. The van der Waals surface area contributed by atoms with Gasteiger partial charge in [-0.3, -0.25) is 23.3 Å². The second-order valence-electron chi connectivity index (χ2n) is 9.76. The topological polar surface area (TPSA) is 278 Å². The summed E-state index contributed by atoms with van der Waals surface area (Å²) in [6, 6.07) is 0. The number of nitrogens with zero attached hydrogens (tertiary/aromatic N) is 9. The summed E-state index contributed by atoms with van der Waals surface area (Å²) in [5.74, 6) is -0.209. The summed E-state index contributed by atoms with van der Waals surface area (Å²) in [5.41, 5.74) is 10.8. The van der Waals surface area contributed by atoms with E-state index in [1.807, 2.05) is 0 Å². The molecule has 7 heterocycles. The first-order chi connectivity index (χ1) is 20.9. The lowest BCUT2D eigenvalue weighted by Crippen LogP contribution is -2.34. The number of hydrogen-bond donors (Lipinski definition) is 5. The number of thiol groups is 1. The molecule has 6 N–H and O–H groups in total. The van der Waals surface area contributed by atoms with Crippen LogP contribution in [0.3, 0.4) is 0 Å². The van der Waals surface area contributed by atoms with E-state index in [9.17, 15) is 14.3 Å². The number of hydrogen-bond acceptors (Lipinski definition) is 18. The number of aromatic nitrogens is 10. The van der Waals surface area contributed by atoms with Crippen molar-refractivity contribution in [2.75, 3.05) is 24.7 Å². The Hall–Kier alpha value is -2.76. The molecule has 2 bridgehead atoms. The molecular weight excluding hydrogens is 673 g/mol. The Morgan fingerprint density at radius 1 is 1.05 bits per heavy atom. The Labute approximate surface area is 253 Å². The summed E-state index contributed by atoms with van der Waals surface area (Å²) in [7, 11) is 0. The van der Waals surface area contributed by atoms with Crippen molar-refractivity contribution in [2.24, 2.45) is 0 Å². The standard InChI is InChI=1S/C18H21FN12O9P2S2/c19-8-11-7(38-17(8)30-13-9(26-28-30)12(20)22-4-23-13)3-36-41(33,43)39-6-1-5(2-35-42(34,44)40-11)37-16(6)31-14-10(27-29-31)15(32)25-18(21)24-14/h4-8,11,16-17H,1-3H2,(H,33,43)(H,34,44)(H2,20,22,23)(H3,21,24,25,32)/t5-,6+,7+,8-,11+,16+,17+,41?,42?/m0/s1. The molecule has 4 aromatic heterocycles. The lowest BCUT2D eigenvalue weighted by Gasteiger charge is -2.26. The van der Waals surface area contributed by atoms with Gasteiger partial charge in [-0.2, -0.15) is 14.3 Å². The van der Waals surface area contributed by atoms with Crippen molar-refractivity contribution in [2.45, 2.75) is 49.5 Å². The number of rotatable bonds is 2. The quantitative estimate of drug-likeness (QED) is 0.131. The molecule has 0 aliphatic carbocycles. The molecule has 26 heteroatoms. The number of halogens is 1. The van der Waals surface area contributed by atoms with Crippen LogP contribution in [-0.2, 0) is 43.9 Å². The van der Waals surface area contributed by atoms with Gasteiger partial charge in [0.15, 0.2) is 46.8 Å². The van der Waals surface area contributed by atoms with Gasteiger partial charge in [0.1, 0.15) is 24.6 Å². The molecule has 0 saturated carbocycles. The van der Waals surface area contributed by atoms with E-state index in [0.29, 0.717) is 0 Å². The largest absolute Gasteiger partial charge is 0.386 e. The highest BCUT2D eigenvalue weighted by Gasteiger charge is 2.52. The molecule has 3 saturated heterocycles. The van der Waals surface area contributed by atoms with Gasteiger partial charge < -0.3 is 30.4 Å². The SMILES string of the molecule is Nc1nc2c(nnn2[C@@H]2O[C@@H]3COP(O)(=S)O[C@H]4[C@H](F)[C@H](n5nnc6c(N)ncnc65)O[C@@H]4COP(=O)(S)O[C@@H]2C3)c(=O)[nH]1. The highest BCUT2D eigenvalue weighted by molar-refractivity contribution is 8.44. The van der Waals surface area contributed by atoms with Crippen LogP contribution < -0.4 is 17.0 Å². The first-order valence-corrected chi connectivity index (χ1v) is 17.9. The Kier molecular flexibility index (Phi) is 7.44. The molecule has 0 aromatic carbocycles. The molecule has 21 nitrogen and oxygen atoms in total. The average molecular weight is 695 g/mol. The minimum absolute atomic E-state index is 0.00399. The van der Waals surface area contributed by atoms with Crippen molar-refractivity contribution < 1.29 is 41.4 Å². The number of nitrogens with two attached hydrogens (primary N) is 2. The van der Waals surface area contributed by atoms with E-state index < -0.39 is 68.7 Å². The number of H-pyrrole nitrogens is 1. The van der Waals surface area contributed by atoms with E-state index in [-0.39, 0.29) is 47.1 Å². The van der Waals surface area contributed by atoms with Gasteiger partial charge in [-0.15, -0.1) is 10.2 Å².